The molecule has 1 aliphatic carbocycles. The first-order valence-corrected chi connectivity index (χ1v) is 10.5. The van der Waals surface area contributed by atoms with Crippen LogP contribution in [0.25, 0.3) is 0 Å². The van der Waals surface area contributed by atoms with E-state index in [1.807, 2.05) is 0 Å². The molecule has 0 spiro atoms. The van der Waals surface area contributed by atoms with E-state index in [1.54, 1.807) is 4.90 Å². The number of benzene rings is 1. The Morgan fingerprint density at radius 1 is 1.03 bits per heavy atom. The van der Waals surface area contributed by atoms with Crippen molar-refractivity contribution in [3.05, 3.63) is 58.9 Å². The van der Waals surface area contributed by atoms with Crippen molar-refractivity contribution in [1.82, 2.24) is 10.2 Å². The van der Waals surface area contributed by atoms with E-state index >= 15 is 0 Å². The SMILES string of the molecule is C=C1NC2=C(C(=O)CCC2)C(c2ccc(C(F)(F)F)cc2)C1C(=O)N1CCCCC1. The monoisotopic (exact) mass is 418 g/mol. The largest absolute Gasteiger partial charge is 0.416 e. The first kappa shape index (κ1) is 20.7. The van der Waals surface area contributed by atoms with Gasteiger partial charge in [-0.05, 0) is 49.8 Å². The van der Waals surface area contributed by atoms with E-state index in [0.717, 1.165) is 37.1 Å². The second-order valence-corrected chi connectivity index (χ2v) is 8.28. The predicted molar refractivity (Wildman–Crippen MR) is 106 cm³/mol. The summed E-state index contributed by atoms with van der Waals surface area (Å²) in [5.74, 6) is -1.47. The molecule has 0 saturated carbocycles. The maximum Gasteiger partial charge on any atom is 0.416 e. The fourth-order valence-corrected chi connectivity index (χ4v) is 4.83. The Morgan fingerprint density at radius 3 is 2.33 bits per heavy atom. The smallest absolute Gasteiger partial charge is 0.362 e. The number of allylic oxidation sites excluding steroid dienone is 2. The number of carbonyl (C=O) groups excluding carboxylic acids is 2. The number of Topliss-reactive ketones (excluding diaryl/α,β-unsaturated/α-hetero) is 1. The molecule has 1 aromatic carbocycles. The molecule has 1 amide bonds. The number of halogens is 3. The van der Waals surface area contributed by atoms with E-state index in [-0.39, 0.29) is 11.7 Å². The Kier molecular flexibility index (Phi) is 5.47. The minimum Gasteiger partial charge on any atom is -0.362 e. The standard InChI is InChI=1S/C23H25F3N2O2/c1-14-19(22(30)28-12-3-2-4-13-28)20(21-17(27-14)6-5-7-18(21)29)15-8-10-16(11-9-15)23(24,25)26/h8-11,19-20,27H,1-7,12-13H2. The Balaban J connectivity index is 1.78. The number of alkyl halides is 3. The number of nitrogens with one attached hydrogen (secondary N) is 1. The van der Waals surface area contributed by atoms with Gasteiger partial charge in [-0.3, -0.25) is 9.59 Å². The highest BCUT2D eigenvalue weighted by molar-refractivity contribution is 6.00. The number of hydrogen-bond donors (Lipinski definition) is 1. The second kappa shape index (κ2) is 7.93. The van der Waals surface area contributed by atoms with Crippen LogP contribution in [0.2, 0.25) is 0 Å². The molecule has 3 aliphatic rings. The van der Waals surface area contributed by atoms with Gasteiger partial charge in [-0.1, -0.05) is 18.7 Å². The van der Waals surface area contributed by atoms with Gasteiger partial charge in [0.2, 0.25) is 5.91 Å². The van der Waals surface area contributed by atoms with Gasteiger partial charge < -0.3 is 10.2 Å². The van der Waals surface area contributed by atoms with Crippen LogP contribution >= 0.6 is 0 Å². The van der Waals surface area contributed by atoms with Crippen molar-refractivity contribution in [2.24, 2.45) is 5.92 Å². The van der Waals surface area contributed by atoms with Crippen molar-refractivity contribution in [2.75, 3.05) is 13.1 Å². The Bertz CT molecular complexity index is 896. The van der Waals surface area contributed by atoms with Crippen LogP contribution in [0.3, 0.4) is 0 Å². The molecule has 1 fully saturated rings. The minimum absolute atomic E-state index is 0.0439. The maximum atomic E-state index is 13.5. The van der Waals surface area contributed by atoms with Gasteiger partial charge in [0.15, 0.2) is 5.78 Å². The lowest BCUT2D eigenvalue weighted by Gasteiger charge is -2.41. The number of amides is 1. The molecule has 0 radical (unpaired) electrons. The Hall–Kier alpha value is -2.57. The predicted octanol–water partition coefficient (Wildman–Crippen LogP) is 4.54. The lowest BCUT2D eigenvalue weighted by molar-refractivity contribution is -0.138. The molecule has 0 bridgehead atoms. The van der Waals surface area contributed by atoms with Crippen molar-refractivity contribution in [3.8, 4) is 0 Å². The summed E-state index contributed by atoms with van der Waals surface area (Å²) in [6.07, 6.45) is 0.250. The zero-order chi connectivity index (χ0) is 21.5. The van der Waals surface area contributed by atoms with E-state index in [9.17, 15) is 22.8 Å². The van der Waals surface area contributed by atoms with Gasteiger partial charge in [-0.25, -0.2) is 0 Å². The number of hydrogen-bond acceptors (Lipinski definition) is 3. The number of likely N-dealkylation sites (tertiary alicyclic amines) is 1. The third-order valence-corrected chi connectivity index (χ3v) is 6.32. The summed E-state index contributed by atoms with van der Waals surface area (Å²) >= 11 is 0. The summed E-state index contributed by atoms with van der Waals surface area (Å²) in [4.78, 5) is 28.1. The van der Waals surface area contributed by atoms with E-state index in [4.69, 9.17) is 0 Å². The zero-order valence-electron chi connectivity index (χ0n) is 16.7. The van der Waals surface area contributed by atoms with Crippen LogP contribution in [0.1, 0.15) is 55.6 Å². The fourth-order valence-electron chi connectivity index (χ4n) is 4.83. The normalized spacial score (nSPS) is 25.1. The number of nitrogens with zero attached hydrogens (tertiary/aromatic N) is 1. The summed E-state index contributed by atoms with van der Waals surface area (Å²) in [6.45, 7) is 5.39. The molecular formula is C23H25F3N2O2. The molecule has 1 aromatic rings. The van der Waals surface area contributed by atoms with E-state index < -0.39 is 23.6 Å². The molecule has 2 unspecified atom stereocenters. The fraction of sp³-hybridized carbons (Fsp3) is 0.478. The zero-order valence-corrected chi connectivity index (χ0v) is 16.7. The van der Waals surface area contributed by atoms with Crippen LogP contribution in [-0.2, 0) is 15.8 Å². The maximum absolute atomic E-state index is 13.5. The topological polar surface area (TPSA) is 49.4 Å². The van der Waals surface area contributed by atoms with Crippen LogP contribution in [0.15, 0.2) is 47.8 Å². The van der Waals surface area contributed by atoms with E-state index in [0.29, 0.717) is 49.2 Å². The first-order valence-electron chi connectivity index (χ1n) is 10.5. The van der Waals surface area contributed by atoms with Crippen molar-refractivity contribution < 1.29 is 22.8 Å². The van der Waals surface area contributed by atoms with E-state index in [1.165, 1.54) is 12.1 Å². The number of rotatable bonds is 2. The Labute approximate surface area is 173 Å². The molecule has 4 rings (SSSR count). The summed E-state index contributed by atoms with van der Waals surface area (Å²) in [5.41, 5.74) is 1.60. The molecule has 4 nitrogen and oxygen atoms in total. The Morgan fingerprint density at radius 2 is 1.70 bits per heavy atom. The van der Waals surface area contributed by atoms with Gasteiger partial charge in [0.05, 0.1) is 11.5 Å². The highest BCUT2D eigenvalue weighted by Crippen LogP contribution is 2.45. The molecule has 0 aromatic heterocycles. The molecule has 7 heteroatoms. The highest BCUT2D eigenvalue weighted by Gasteiger charge is 2.44. The molecule has 2 aliphatic heterocycles. The molecule has 2 atom stereocenters. The van der Waals surface area contributed by atoms with Gasteiger partial charge in [0, 0.05) is 42.4 Å². The second-order valence-electron chi connectivity index (χ2n) is 8.28. The van der Waals surface area contributed by atoms with E-state index in [2.05, 4.69) is 11.9 Å². The van der Waals surface area contributed by atoms with Crippen LogP contribution in [0.5, 0.6) is 0 Å². The highest BCUT2D eigenvalue weighted by atomic mass is 19.4. The lowest BCUT2D eigenvalue weighted by atomic mass is 9.71. The van der Waals surface area contributed by atoms with Crippen LogP contribution in [0.4, 0.5) is 13.2 Å². The van der Waals surface area contributed by atoms with Crippen molar-refractivity contribution in [1.29, 1.82) is 0 Å². The van der Waals surface area contributed by atoms with Gasteiger partial charge in [0.1, 0.15) is 0 Å². The molecule has 2 heterocycles. The van der Waals surface area contributed by atoms with Crippen LogP contribution in [0, 0.1) is 5.92 Å². The average Bonchev–Trinajstić information content (AvgIpc) is 2.72. The third kappa shape index (κ3) is 3.77. The summed E-state index contributed by atoms with van der Waals surface area (Å²) < 4.78 is 39.2. The van der Waals surface area contributed by atoms with Gasteiger partial charge in [-0.15, -0.1) is 0 Å². The molecule has 1 N–H and O–H groups in total. The molecule has 30 heavy (non-hydrogen) atoms. The van der Waals surface area contributed by atoms with Crippen LogP contribution < -0.4 is 5.32 Å². The van der Waals surface area contributed by atoms with Gasteiger partial charge in [-0.2, -0.15) is 13.2 Å². The van der Waals surface area contributed by atoms with Gasteiger partial charge in [0.25, 0.3) is 0 Å². The first-order chi connectivity index (χ1) is 14.3. The number of piperidine rings is 1. The quantitative estimate of drug-likeness (QED) is 0.767. The lowest BCUT2D eigenvalue weighted by Crippen LogP contribution is -2.47. The third-order valence-electron chi connectivity index (χ3n) is 6.32. The van der Waals surface area contributed by atoms with Crippen molar-refractivity contribution >= 4 is 11.7 Å². The van der Waals surface area contributed by atoms with Crippen LogP contribution in [-0.4, -0.2) is 29.7 Å². The number of ketones is 1. The molecule has 1 saturated heterocycles. The number of carbonyl (C=O) groups is 2. The summed E-state index contributed by atoms with van der Waals surface area (Å²) in [5, 5.41) is 3.19. The molecular weight excluding hydrogens is 393 g/mol. The summed E-state index contributed by atoms with van der Waals surface area (Å²) in [6, 6.07) is 4.84. The van der Waals surface area contributed by atoms with Crippen molar-refractivity contribution in [3.63, 3.8) is 0 Å². The molecule has 160 valence electrons. The average molecular weight is 418 g/mol. The van der Waals surface area contributed by atoms with Gasteiger partial charge >= 0.3 is 6.18 Å². The van der Waals surface area contributed by atoms with Crippen molar-refractivity contribution in [2.45, 2.75) is 50.6 Å². The minimum atomic E-state index is -4.44. The summed E-state index contributed by atoms with van der Waals surface area (Å²) in [7, 11) is 0.